The molecule has 92 valence electrons. The summed E-state index contributed by atoms with van der Waals surface area (Å²) in [6.07, 6.45) is 2.56. The third-order valence-electron chi connectivity index (χ3n) is 1.79. The minimum absolute atomic E-state index is 0.574. The molecule has 0 N–H and O–H groups in total. The van der Waals surface area contributed by atoms with E-state index in [2.05, 4.69) is 19.7 Å². The summed E-state index contributed by atoms with van der Waals surface area (Å²) < 4.78 is 15.8. The van der Waals surface area contributed by atoms with Gasteiger partial charge in [-0.2, -0.15) is 0 Å². The van der Waals surface area contributed by atoms with E-state index < -0.39 is 0 Å². The van der Waals surface area contributed by atoms with Crippen LogP contribution in [0.5, 0.6) is 0 Å². The predicted octanol–water partition coefficient (Wildman–Crippen LogP) is 2.70. The van der Waals surface area contributed by atoms with Gasteiger partial charge in [0, 0.05) is 13.0 Å². The van der Waals surface area contributed by atoms with Crippen molar-refractivity contribution in [2.75, 3.05) is 33.0 Å². The zero-order valence-electron chi connectivity index (χ0n) is 10.2. The van der Waals surface area contributed by atoms with E-state index >= 15 is 0 Å². The second kappa shape index (κ2) is 10.5. The van der Waals surface area contributed by atoms with E-state index in [0.717, 1.165) is 12.0 Å². The fraction of sp³-hybridized carbons (Fsp3) is 0.538. The number of hydrogen-bond acceptors (Lipinski definition) is 3. The smallest absolute Gasteiger partial charge is 0.114 e. The van der Waals surface area contributed by atoms with Crippen LogP contribution in [0.1, 0.15) is 13.3 Å². The van der Waals surface area contributed by atoms with Gasteiger partial charge in [0.15, 0.2) is 0 Å². The largest absolute Gasteiger partial charge is 0.494 e. The number of allylic oxidation sites excluding steroid dienone is 1. The summed E-state index contributed by atoms with van der Waals surface area (Å²) in [5.41, 5.74) is 0.860. The van der Waals surface area contributed by atoms with E-state index in [-0.39, 0.29) is 0 Å². The van der Waals surface area contributed by atoms with Gasteiger partial charge in [0.2, 0.25) is 0 Å². The fourth-order valence-electron chi connectivity index (χ4n) is 0.866. The van der Waals surface area contributed by atoms with Gasteiger partial charge in [-0.15, -0.1) is 6.58 Å². The van der Waals surface area contributed by atoms with Crippen LogP contribution < -0.4 is 0 Å². The molecule has 3 nitrogen and oxygen atoms in total. The summed E-state index contributed by atoms with van der Waals surface area (Å²) in [6.45, 7) is 15.9. The van der Waals surface area contributed by atoms with Gasteiger partial charge in [-0.3, -0.25) is 0 Å². The highest BCUT2D eigenvalue weighted by molar-refractivity contribution is 5.15. The van der Waals surface area contributed by atoms with E-state index in [1.54, 1.807) is 6.08 Å². The molecular weight excluding hydrogens is 204 g/mol. The van der Waals surface area contributed by atoms with Crippen molar-refractivity contribution in [1.82, 2.24) is 0 Å². The standard InChI is InChI=1S/C13H22O3/c1-5-7-14-10-11-15-8-6-9-16-13(4)12(2)3/h5H,1-2,4,6-11H2,3H3. The first kappa shape index (κ1) is 14.9. The van der Waals surface area contributed by atoms with E-state index in [1.807, 2.05) is 6.92 Å². The second-order valence-corrected chi connectivity index (χ2v) is 3.38. The molecule has 0 radical (unpaired) electrons. The zero-order chi connectivity index (χ0) is 12.2. The summed E-state index contributed by atoms with van der Waals surface area (Å²) in [5, 5.41) is 0. The Morgan fingerprint density at radius 1 is 1.06 bits per heavy atom. The van der Waals surface area contributed by atoms with Gasteiger partial charge >= 0.3 is 0 Å². The first-order chi connectivity index (χ1) is 7.68. The van der Waals surface area contributed by atoms with Crippen LogP contribution in [0.2, 0.25) is 0 Å². The first-order valence-electron chi connectivity index (χ1n) is 5.42. The molecule has 0 spiro atoms. The predicted molar refractivity (Wildman–Crippen MR) is 66.4 cm³/mol. The molecule has 16 heavy (non-hydrogen) atoms. The van der Waals surface area contributed by atoms with Crippen molar-refractivity contribution in [3.05, 3.63) is 37.1 Å². The highest BCUT2D eigenvalue weighted by Crippen LogP contribution is 2.05. The highest BCUT2D eigenvalue weighted by Gasteiger charge is 1.95. The molecule has 0 atom stereocenters. The number of hydrogen-bond donors (Lipinski definition) is 0. The molecule has 0 aromatic heterocycles. The van der Waals surface area contributed by atoms with Crippen molar-refractivity contribution in [3.8, 4) is 0 Å². The lowest BCUT2D eigenvalue weighted by molar-refractivity contribution is 0.0502. The Morgan fingerprint density at radius 2 is 1.75 bits per heavy atom. The van der Waals surface area contributed by atoms with Crippen LogP contribution in [0.25, 0.3) is 0 Å². The molecule has 0 amide bonds. The van der Waals surface area contributed by atoms with Crippen molar-refractivity contribution in [1.29, 1.82) is 0 Å². The Bertz CT molecular complexity index is 221. The Labute approximate surface area is 98.4 Å². The second-order valence-electron chi connectivity index (χ2n) is 3.38. The van der Waals surface area contributed by atoms with Crippen molar-refractivity contribution in [2.45, 2.75) is 13.3 Å². The Morgan fingerprint density at radius 3 is 2.38 bits per heavy atom. The van der Waals surface area contributed by atoms with Gasteiger partial charge < -0.3 is 14.2 Å². The van der Waals surface area contributed by atoms with Gasteiger partial charge in [-0.05, 0) is 12.5 Å². The molecule has 0 aliphatic heterocycles. The molecule has 0 aromatic carbocycles. The average molecular weight is 226 g/mol. The third-order valence-corrected chi connectivity index (χ3v) is 1.79. The molecule has 0 aromatic rings. The molecule has 0 unspecified atom stereocenters. The Kier molecular flexibility index (Phi) is 9.76. The van der Waals surface area contributed by atoms with Gasteiger partial charge in [-0.25, -0.2) is 0 Å². The van der Waals surface area contributed by atoms with Gasteiger partial charge in [0.1, 0.15) is 5.76 Å². The van der Waals surface area contributed by atoms with E-state index in [0.29, 0.717) is 38.8 Å². The Balaban J connectivity index is 3.12. The van der Waals surface area contributed by atoms with E-state index in [9.17, 15) is 0 Å². The van der Waals surface area contributed by atoms with Crippen molar-refractivity contribution >= 4 is 0 Å². The van der Waals surface area contributed by atoms with Crippen LogP contribution in [0, 0.1) is 0 Å². The molecule has 0 bridgehead atoms. The maximum atomic E-state index is 5.33. The molecule has 0 rings (SSSR count). The van der Waals surface area contributed by atoms with E-state index in [1.165, 1.54) is 0 Å². The van der Waals surface area contributed by atoms with Crippen LogP contribution in [0.4, 0.5) is 0 Å². The maximum absolute atomic E-state index is 5.33. The van der Waals surface area contributed by atoms with Crippen LogP contribution >= 0.6 is 0 Å². The van der Waals surface area contributed by atoms with Gasteiger partial charge in [0.05, 0.1) is 26.4 Å². The minimum Gasteiger partial charge on any atom is -0.494 e. The molecular formula is C13H22O3. The number of ether oxygens (including phenoxy) is 3. The maximum Gasteiger partial charge on any atom is 0.114 e. The van der Waals surface area contributed by atoms with Crippen LogP contribution in [-0.4, -0.2) is 33.0 Å². The third kappa shape index (κ3) is 9.49. The molecule has 0 aliphatic rings. The summed E-state index contributed by atoms with van der Waals surface area (Å²) in [7, 11) is 0. The van der Waals surface area contributed by atoms with Crippen LogP contribution in [0.15, 0.2) is 37.1 Å². The average Bonchev–Trinajstić information content (AvgIpc) is 2.26. The number of rotatable bonds is 11. The van der Waals surface area contributed by atoms with Gasteiger partial charge in [0.25, 0.3) is 0 Å². The SMILES string of the molecule is C=CCOCCOCCCOC(=C)C(=C)C. The van der Waals surface area contributed by atoms with Crippen molar-refractivity contribution < 1.29 is 14.2 Å². The quantitative estimate of drug-likeness (QED) is 0.235. The minimum atomic E-state index is 0.574. The zero-order valence-corrected chi connectivity index (χ0v) is 10.2. The summed E-state index contributed by atoms with van der Waals surface area (Å²) >= 11 is 0. The first-order valence-corrected chi connectivity index (χ1v) is 5.42. The summed E-state index contributed by atoms with van der Waals surface area (Å²) in [6, 6.07) is 0. The van der Waals surface area contributed by atoms with Crippen molar-refractivity contribution in [3.63, 3.8) is 0 Å². The molecule has 0 saturated carbocycles. The highest BCUT2D eigenvalue weighted by atomic mass is 16.5. The molecule has 0 aliphatic carbocycles. The molecule has 3 heteroatoms. The fourth-order valence-corrected chi connectivity index (χ4v) is 0.866. The lowest BCUT2D eigenvalue weighted by Gasteiger charge is -2.08. The molecule has 0 heterocycles. The molecule has 0 saturated heterocycles. The normalized spacial score (nSPS) is 9.81. The lowest BCUT2D eigenvalue weighted by Crippen LogP contribution is -2.07. The Hall–Kier alpha value is -1.06. The van der Waals surface area contributed by atoms with Crippen LogP contribution in [-0.2, 0) is 14.2 Å². The summed E-state index contributed by atoms with van der Waals surface area (Å²) in [4.78, 5) is 0. The molecule has 0 fully saturated rings. The monoisotopic (exact) mass is 226 g/mol. The van der Waals surface area contributed by atoms with Crippen molar-refractivity contribution in [2.24, 2.45) is 0 Å². The topological polar surface area (TPSA) is 27.7 Å². The lowest BCUT2D eigenvalue weighted by atomic mass is 10.3. The van der Waals surface area contributed by atoms with Gasteiger partial charge in [-0.1, -0.05) is 19.2 Å². The summed E-state index contributed by atoms with van der Waals surface area (Å²) in [5.74, 6) is 0.648. The van der Waals surface area contributed by atoms with Crippen LogP contribution in [0.3, 0.4) is 0 Å². The van der Waals surface area contributed by atoms with E-state index in [4.69, 9.17) is 14.2 Å².